The third-order valence-corrected chi connectivity index (χ3v) is 6.45. The maximum atomic E-state index is 13.2. The second-order valence-electron chi connectivity index (χ2n) is 8.97. The van der Waals surface area contributed by atoms with E-state index in [-0.39, 0.29) is 28.8 Å². The van der Waals surface area contributed by atoms with E-state index in [1.54, 1.807) is 35.8 Å². The van der Waals surface area contributed by atoms with Crippen LogP contribution in [0.4, 0.5) is 0 Å². The molecule has 1 aromatic carbocycles. The lowest BCUT2D eigenvalue weighted by Crippen LogP contribution is -2.36. The molecular weight excluding hydrogens is 430 g/mol. The highest BCUT2D eigenvalue weighted by Crippen LogP contribution is 2.22. The van der Waals surface area contributed by atoms with Crippen LogP contribution in [0.1, 0.15) is 38.4 Å². The highest BCUT2D eigenvalue weighted by molar-refractivity contribution is 7.90. The van der Waals surface area contributed by atoms with Gasteiger partial charge in [-0.3, -0.25) is 4.79 Å². The fourth-order valence-corrected chi connectivity index (χ4v) is 4.82. The second-order valence-corrected chi connectivity index (χ2v) is 10.9. The van der Waals surface area contributed by atoms with Crippen molar-refractivity contribution in [2.75, 3.05) is 34.0 Å². The molecule has 2 rings (SSSR count). The van der Waals surface area contributed by atoms with E-state index in [1.807, 2.05) is 39.0 Å². The van der Waals surface area contributed by atoms with Crippen molar-refractivity contribution >= 4 is 15.7 Å². The third-order valence-electron chi connectivity index (χ3n) is 4.85. The summed E-state index contributed by atoms with van der Waals surface area (Å²) in [7, 11) is -0.538. The molecule has 2 aromatic rings. The van der Waals surface area contributed by atoms with Gasteiger partial charge in [0, 0.05) is 33.7 Å². The average molecular weight is 466 g/mol. The maximum Gasteiger partial charge on any atom is 0.228 e. The van der Waals surface area contributed by atoms with E-state index in [0.717, 1.165) is 0 Å². The summed E-state index contributed by atoms with van der Waals surface area (Å²) in [6, 6.07) is 9.01. The lowest BCUT2D eigenvalue weighted by atomic mass is 9.91. The minimum absolute atomic E-state index is 0.0108. The molecule has 178 valence electrons. The van der Waals surface area contributed by atoms with Gasteiger partial charge in [-0.15, -0.1) is 0 Å². The van der Waals surface area contributed by atoms with Gasteiger partial charge in [0.2, 0.25) is 20.9 Å². The number of methoxy groups -OCH3 is 2. The molecule has 32 heavy (non-hydrogen) atoms. The Labute approximate surface area is 191 Å². The van der Waals surface area contributed by atoms with Crippen LogP contribution in [0.2, 0.25) is 0 Å². The number of hydrogen-bond acceptors (Lipinski definition) is 6. The summed E-state index contributed by atoms with van der Waals surface area (Å²) in [5.41, 5.74) is 1.17. The predicted octanol–water partition coefficient (Wildman–Crippen LogP) is 2.91. The third kappa shape index (κ3) is 7.72. The van der Waals surface area contributed by atoms with E-state index >= 15 is 0 Å². The Morgan fingerprint density at radius 1 is 1.09 bits per heavy atom. The van der Waals surface area contributed by atoms with Gasteiger partial charge in [0.1, 0.15) is 0 Å². The van der Waals surface area contributed by atoms with Gasteiger partial charge in [0.05, 0.1) is 37.4 Å². The van der Waals surface area contributed by atoms with Crippen LogP contribution in [-0.2, 0) is 42.9 Å². The van der Waals surface area contributed by atoms with E-state index < -0.39 is 9.84 Å². The number of amides is 1. The number of carbonyl (C=O) groups is 1. The highest BCUT2D eigenvalue weighted by atomic mass is 32.2. The van der Waals surface area contributed by atoms with Gasteiger partial charge >= 0.3 is 0 Å². The first-order valence-electron chi connectivity index (χ1n) is 10.6. The van der Waals surface area contributed by atoms with E-state index in [2.05, 4.69) is 4.98 Å². The van der Waals surface area contributed by atoms with Gasteiger partial charge in [-0.25, -0.2) is 13.4 Å². The van der Waals surface area contributed by atoms with Gasteiger partial charge in [0.15, 0.2) is 0 Å². The fraction of sp³-hybridized carbons (Fsp3) is 0.565. The van der Waals surface area contributed by atoms with Crippen LogP contribution in [-0.4, -0.2) is 62.8 Å². The highest BCUT2D eigenvalue weighted by Gasteiger charge is 2.27. The predicted molar refractivity (Wildman–Crippen MR) is 123 cm³/mol. The molecule has 0 atom stereocenters. The molecule has 0 aliphatic carbocycles. The van der Waals surface area contributed by atoms with Gasteiger partial charge in [-0.2, -0.15) is 0 Å². The van der Waals surface area contributed by atoms with Crippen molar-refractivity contribution in [1.82, 2.24) is 14.5 Å². The first-order chi connectivity index (χ1) is 15.1. The summed E-state index contributed by atoms with van der Waals surface area (Å²) in [6.07, 6.45) is 1.92. The molecular formula is C23H35N3O5S. The van der Waals surface area contributed by atoms with E-state index in [4.69, 9.17) is 9.47 Å². The minimum Gasteiger partial charge on any atom is -0.383 e. The van der Waals surface area contributed by atoms with Crippen LogP contribution < -0.4 is 0 Å². The molecule has 1 aromatic heterocycles. The Balaban J connectivity index is 2.35. The largest absolute Gasteiger partial charge is 0.383 e. The van der Waals surface area contributed by atoms with Crippen molar-refractivity contribution in [3.8, 4) is 0 Å². The quantitative estimate of drug-likeness (QED) is 0.479. The van der Waals surface area contributed by atoms with Crippen LogP contribution in [0.5, 0.6) is 0 Å². The number of benzene rings is 1. The average Bonchev–Trinajstić information content (AvgIpc) is 3.12. The monoisotopic (exact) mass is 465 g/mol. The number of rotatable bonds is 12. The molecule has 1 amide bonds. The molecule has 0 aliphatic rings. The first kappa shape index (κ1) is 26.0. The van der Waals surface area contributed by atoms with Crippen LogP contribution in [0, 0.1) is 5.41 Å². The number of carbonyl (C=O) groups excluding carboxylic acids is 1. The SMILES string of the molecule is COCCN(Cc1cnc(S(=O)(=O)Cc2ccccc2)n1CCOC)C(=O)CC(C)(C)C. The van der Waals surface area contributed by atoms with Gasteiger partial charge in [0.25, 0.3) is 0 Å². The standard InChI is InChI=1S/C23H35N3O5S/c1-23(2,3)15-21(27)25(11-13-30-4)17-20-16-24-22(26(20)12-14-31-5)32(28,29)18-19-9-7-6-8-10-19/h6-10,16H,11-15,17-18H2,1-5H3. The molecule has 1 heterocycles. The number of imidazole rings is 1. The molecule has 0 aliphatic heterocycles. The van der Waals surface area contributed by atoms with Gasteiger partial charge in [-0.1, -0.05) is 51.1 Å². The summed E-state index contributed by atoms with van der Waals surface area (Å²) < 4.78 is 38.3. The summed E-state index contributed by atoms with van der Waals surface area (Å²) in [6.45, 7) is 7.72. The van der Waals surface area contributed by atoms with Crippen molar-refractivity contribution < 1.29 is 22.7 Å². The number of sulfone groups is 1. The zero-order valence-electron chi connectivity index (χ0n) is 19.7. The van der Waals surface area contributed by atoms with Crippen LogP contribution in [0.25, 0.3) is 0 Å². The molecule has 8 nitrogen and oxygen atoms in total. The second kappa shape index (κ2) is 11.6. The normalized spacial score (nSPS) is 12.2. The maximum absolute atomic E-state index is 13.2. The lowest BCUT2D eigenvalue weighted by Gasteiger charge is -2.27. The lowest BCUT2D eigenvalue weighted by molar-refractivity contribution is -0.134. The molecule has 0 bridgehead atoms. The molecule has 0 radical (unpaired) electrons. The topological polar surface area (TPSA) is 90.7 Å². The Hall–Kier alpha value is -2.23. The zero-order valence-corrected chi connectivity index (χ0v) is 20.5. The number of nitrogens with zero attached hydrogens (tertiary/aromatic N) is 3. The van der Waals surface area contributed by atoms with Crippen molar-refractivity contribution in [2.45, 2.75) is 51.2 Å². The molecule has 0 fully saturated rings. The van der Waals surface area contributed by atoms with Crippen LogP contribution in [0.15, 0.2) is 41.7 Å². The Kier molecular flexibility index (Phi) is 9.42. The molecule has 0 N–H and O–H groups in total. The zero-order chi connectivity index (χ0) is 23.8. The first-order valence-corrected chi connectivity index (χ1v) is 12.3. The summed E-state index contributed by atoms with van der Waals surface area (Å²) >= 11 is 0. The van der Waals surface area contributed by atoms with Crippen LogP contribution in [0.3, 0.4) is 0 Å². The van der Waals surface area contributed by atoms with Gasteiger partial charge in [-0.05, 0) is 11.0 Å². The van der Waals surface area contributed by atoms with E-state index in [1.165, 1.54) is 6.20 Å². The van der Waals surface area contributed by atoms with E-state index in [0.29, 0.717) is 44.0 Å². The molecule has 0 saturated carbocycles. The van der Waals surface area contributed by atoms with Crippen molar-refractivity contribution in [3.05, 3.63) is 47.8 Å². The smallest absolute Gasteiger partial charge is 0.228 e. The van der Waals surface area contributed by atoms with Crippen molar-refractivity contribution in [2.24, 2.45) is 5.41 Å². The molecule has 9 heteroatoms. The Morgan fingerprint density at radius 3 is 2.34 bits per heavy atom. The summed E-state index contributed by atoms with van der Waals surface area (Å²) in [5, 5.41) is -0.0108. The van der Waals surface area contributed by atoms with Crippen molar-refractivity contribution in [3.63, 3.8) is 0 Å². The molecule has 0 unspecified atom stereocenters. The number of aromatic nitrogens is 2. The fourth-order valence-electron chi connectivity index (χ4n) is 3.30. The molecule has 0 saturated heterocycles. The Bertz CT molecular complexity index is 965. The van der Waals surface area contributed by atoms with Gasteiger partial charge < -0.3 is 18.9 Å². The summed E-state index contributed by atoms with van der Waals surface area (Å²) in [4.78, 5) is 18.9. The Morgan fingerprint density at radius 2 is 1.75 bits per heavy atom. The van der Waals surface area contributed by atoms with E-state index in [9.17, 15) is 13.2 Å². The van der Waals surface area contributed by atoms with Crippen molar-refractivity contribution in [1.29, 1.82) is 0 Å². The van der Waals surface area contributed by atoms with Crippen LogP contribution >= 0.6 is 0 Å². The number of hydrogen-bond donors (Lipinski definition) is 0. The minimum atomic E-state index is -3.69. The number of ether oxygens (including phenoxy) is 2. The summed E-state index contributed by atoms with van der Waals surface area (Å²) in [5.74, 6) is -0.157. The molecule has 0 spiro atoms.